The number of piperidine rings is 1. The van der Waals surface area contributed by atoms with Crippen LogP contribution in [-0.4, -0.2) is 23.9 Å². The number of rotatable bonds is 4. The molecule has 3 rings (SSSR count). The van der Waals surface area contributed by atoms with Gasteiger partial charge in [0.05, 0.1) is 4.92 Å². The third kappa shape index (κ3) is 4.22. The highest BCUT2D eigenvalue weighted by Crippen LogP contribution is 2.33. The second-order valence-electron chi connectivity index (χ2n) is 7.02. The first-order valence-electron chi connectivity index (χ1n) is 8.96. The molecule has 1 saturated heterocycles. The summed E-state index contributed by atoms with van der Waals surface area (Å²) in [5, 5.41) is 14.9. The van der Waals surface area contributed by atoms with Crippen LogP contribution < -0.4 is 10.2 Å². The number of carbonyl (C=O) groups excluding carboxylic acids is 1. The van der Waals surface area contributed by atoms with Crippen LogP contribution in [-0.2, 0) is 0 Å². The highest BCUT2D eigenvalue weighted by molar-refractivity contribution is 6.31. The van der Waals surface area contributed by atoms with Crippen molar-refractivity contribution in [3.05, 3.63) is 62.7 Å². The molecule has 0 radical (unpaired) electrons. The summed E-state index contributed by atoms with van der Waals surface area (Å²) in [5.41, 5.74) is 2.11. The highest BCUT2D eigenvalue weighted by Gasteiger charge is 2.25. The normalized spacial score (nSPS) is 16.9. The zero-order valence-corrected chi connectivity index (χ0v) is 16.1. The molecule has 1 aliphatic rings. The van der Waals surface area contributed by atoms with E-state index in [-0.39, 0.29) is 11.3 Å². The van der Waals surface area contributed by atoms with Crippen molar-refractivity contribution < 1.29 is 9.72 Å². The average molecular weight is 388 g/mol. The molecule has 27 heavy (non-hydrogen) atoms. The maximum atomic E-state index is 12.6. The van der Waals surface area contributed by atoms with Crippen molar-refractivity contribution in [3.63, 3.8) is 0 Å². The van der Waals surface area contributed by atoms with E-state index in [0.717, 1.165) is 31.5 Å². The Kier molecular flexibility index (Phi) is 5.65. The molecule has 2 aromatic rings. The molecular weight excluding hydrogens is 366 g/mol. The lowest BCUT2D eigenvalue weighted by atomic mass is 9.99. The summed E-state index contributed by atoms with van der Waals surface area (Å²) in [6.07, 6.45) is 2.14. The minimum absolute atomic E-state index is 0.0421. The molecule has 0 bridgehead atoms. The van der Waals surface area contributed by atoms with Gasteiger partial charge in [-0.3, -0.25) is 14.9 Å². The zero-order chi connectivity index (χ0) is 19.6. The molecule has 1 amide bonds. The number of hydrogen-bond donors (Lipinski definition) is 1. The third-order valence-electron chi connectivity index (χ3n) is 4.95. The molecule has 0 spiro atoms. The van der Waals surface area contributed by atoms with E-state index in [9.17, 15) is 14.9 Å². The van der Waals surface area contributed by atoms with Gasteiger partial charge in [0, 0.05) is 35.4 Å². The molecule has 7 heteroatoms. The number of nitro benzene ring substituents is 1. The van der Waals surface area contributed by atoms with Crippen LogP contribution in [0.5, 0.6) is 0 Å². The molecule has 1 heterocycles. The van der Waals surface area contributed by atoms with Crippen LogP contribution in [0, 0.1) is 23.0 Å². The molecule has 0 aromatic heterocycles. The molecule has 2 aromatic carbocycles. The second kappa shape index (κ2) is 7.96. The highest BCUT2D eigenvalue weighted by atomic mass is 35.5. The fraction of sp³-hybridized carbons (Fsp3) is 0.350. The van der Waals surface area contributed by atoms with E-state index in [1.807, 2.05) is 4.90 Å². The predicted molar refractivity (Wildman–Crippen MR) is 108 cm³/mol. The first-order chi connectivity index (χ1) is 12.9. The van der Waals surface area contributed by atoms with Gasteiger partial charge >= 0.3 is 0 Å². The Bertz CT molecular complexity index is 885. The summed E-state index contributed by atoms with van der Waals surface area (Å²) in [6, 6.07) is 9.90. The molecule has 142 valence electrons. The fourth-order valence-corrected chi connectivity index (χ4v) is 3.60. The van der Waals surface area contributed by atoms with Crippen LogP contribution >= 0.6 is 11.6 Å². The van der Waals surface area contributed by atoms with Gasteiger partial charge in [0.25, 0.3) is 11.6 Å². The molecule has 6 nitrogen and oxygen atoms in total. The number of amides is 1. The van der Waals surface area contributed by atoms with Crippen molar-refractivity contribution in [1.82, 2.24) is 0 Å². The molecular formula is C20H22ClN3O3. The Balaban J connectivity index is 1.88. The second-order valence-corrected chi connectivity index (χ2v) is 7.43. The quantitative estimate of drug-likeness (QED) is 0.588. The number of halogens is 1. The van der Waals surface area contributed by atoms with Crippen molar-refractivity contribution in [1.29, 1.82) is 0 Å². The van der Waals surface area contributed by atoms with Crippen molar-refractivity contribution in [2.75, 3.05) is 23.3 Å². The first-order valence-corrected chi connectivity index (χ1v) is 9.34. The number of benzene rings is 2. The summed E-state index contributed by atoms with van der Waals surface area (Å²) >= 11 is 6.08. The van der Waals surface area contributed by atoms with Gasteiger partial charge in [-0.2, -0.15) is 0 Å². The summed E-state index contributed by atoms with van der Waals surface area (Å²) in [5.74, 6) is 0.0918. The number of carbonyl (C=O) groups is 1. The lowest BCUT2D eigenvalue weighted by molar-refractivity contribution is -0.384. The van der Waals surface area contributed by atoms with Gasteiger partial charge in [-0.05, 0) is 55.5 Å². The first kappa shape index (κ1) is 19.2. The Morgan fingerprint density at radius 2 is 2.11 bits per heavy atom. The largest absolute Gasteiger partial charge is 0.366 e. The van der Waals surface area contributed by atoms with E-state index in [0.29, 0.717) is 22.3 Å². The van der Waals surface area contributed by atoms with Crippen molar-refractivity contribution >= 4 is 34.6 Å². The molecule has 1 aliphatic heterocycles. The van der Waals surface area contributed by atoms with E-state index >= 15 is 0 Å². The third-order valence-corrected chi connectivity index (χ3v) is 5.36. The van der Waals surface area contributed by atoms with Gasteiger partial charge in [-0.1, -0.05) is 24.6 Å². The summed E-state index contributed by atoms with van der Waals surface area (Å²) in [7, 11) is 0. The van der Waals surface area contributed by atoms with E-state index < -0.39 is 10.8 Å². The van der Waals surface area contributed by atoms with Crippen molar-refractivity contribution in [3.8, 4) is 0 Å². The molecule has 0 aliphatic carbocycles. The molecule has 1 atom stereocenters. The number of nitro groups is 1. The Morgan fingerprint density at radius 1 is 1.33 bits per heavy atom. The number of anilines is 2. The fourth-order valence-electron chi connectivity index (χ4n) is 3.42. The van der Waals surface area contributed by atoms with Crippen LogP contribution in [0.1, 0.15) is 35.7 Å². The van der Waals surface area contributed by atoms with E-state index in [4.69, 9.17) is 11.6 Å². The maximum absolute atomic E-state index is 12.6. The van der Waals surface area contributed by atoms with Gasteiger partial charge in [0.2, 0.25) is 0 Å². The van der Waals surface area contributed by atoms with E-state index in [2.05, 4.69) is 12.2 Å². The summed E-state index contributed by atoms with van der Waals surface area (Å²) < 4.78 is 0. The van der Waals surface area contributed by atoms with Crippen LogP contribution in [0.15, 0.2) is 36.4 Å². The van der Waals surface area contributed by atoms with Gasteiger partial charge in [0.15, 0.2) is 0 Å². The van der Waals surface area contributed by atoms with Crippen LogP contribution in [0.4, 0.5) is 17.1 Å². The monoisotopic (exact) mass is 387 g/mol. The number of nitrogens with one attached hydrogen (secondary N) is 1. The lowest BCUT2D eigenvalue weighted by Gasteiger charge is -2.32. The van der Waals surface area contributed by atoms with Gasteiger partial charge in [-0.25, -0.2) is 0 Å². The molecule has 0 unspecified atom stereocenters. The van der Waals surface area contributed by atoms with Gasteiger partial charge in [-0.15, -0.1) is 0 Å². The SMILES string of the molecule is Cc1c(Cl)cccc1NC(=O)c1ccc(N2CCC[C@H](C)C2)c([N+](=O)[O-])c1. The molecule has 1 N–H and O–H groups in total. The average Bonchev–Trinajstić information content (AvgIpc) is 2.65. The Labute approximate surface area is 163 Å². The van der Waals surface area contributed by atoms with E-state index in [1.54, 1.807) is 37.3 Å². The summed E-state index contributed by atoms with van der Waals surface area (Å²) in [4.78, 5) is 25.8. The predicted octanol–water partition coefficient (Wildman–Crippen LogP) is 5.05. The van der Waals surface area contributed by atoms with Crippen LogP contribution in [0.2, 0.25) is 5.02 Å². The minimum atomic E-state index is -0.421. The van der Waals surface area contributed by atoms with Gasteiger partial charge in [0.1, 0.15) is 5.69 Å². The van der Waals surface area contributed by atoms with Crippen LogP contribution in [0.25, 0.3) is 0 Å². The zero-order valence-electron chi connectivity index (χ0n) is 15.4. The maximum Gasteiger partial charge on any atom is 0.293 e. The standard InChI is InChI=1S/C20H22ClN3O3/c1-13-5-4-10-23(12-13)18-9-8-15(11-19(18)24(26)27)20(25)22-17-7-3-6-16(21)14(17)2/h3,6-9,11,13H,4-5,10,12H2,1-2H3,(H,22,25)/t13-/m0/s1. The smallest absolute Gasteiger partial charge is 0.293 e. The molecule has 1 fully saturated rings. The topological polar surface area (TPSA) is 75.5 Å². The van der Waals surface area contributed by atoms with Crippen LogP contribution in [0.3, 0.4) is 0 Å². The van der Waals surface area contributed by atoms with Crippen molar-refractivity contribution in [2.24, 2.45) is 5.92 Å². The van der Waals surface area contributed by atoms with E-state index in [1.165, 1.54) is 6.07 Å². The van der Waals surface area contributed by atoms with Gasteiger partial charge < -0.3 is 10.2 Å². The Hall–Kier alpha value is -2.60. The number of hydrogen-bond acceptors (Lipinski definition) is 4. The van der Waals surface area contributed by atoms with Crippen molar-refractivity contribution in [2.45, 2.75) is 26.7 Å². The lowest BCUT2D eigenvalue weighted by Crippen LogP contribution is -2.34. The summed E-state index contributed by atoms with van der Waals surface area (Å²) in [6.45, 7) is 5.53. The molecule has 0 saturated carbocycles. The minimum Gasteiger partial charge on any atom is -0.366 e. The number of nitrogens with zero attached hydrogens (tertiary/aromatic N) is 2. The Morgan fingerprint density at radius 3 is 2.81 bits per heavy atom.